The van der Waals surface area contributed by atoms with Gasteiger partial charge in [-0.2, -0.15) is 0 Å². The Bertz CT molecular complexity index is 1270. The van der Waals surface area contributed by atoms with Crippen molar-refractivity contribution in [2.75, 3.05) is 10.0 Å². The number of carbonyl (C=O) groups is 1. The minimum Gasteiger partial charge on any atom is -0.322 e. The van der Waals surface area contributed by atoms with Crippen molar-refractivity contribution < 1.29 is 22.5 Å². The van der Waals surface area contributed by atoms with Gasteiger partial charge >= 0.3 is 0 Å². The third kappa shape index (κ3) is 5.04. The van der Waals surface area contributed by atoms with E-state index in [0.717, 1.165) is 6.07 Å². The van der Waals surface area contributed by atoms with Crippen LogP contribution < -0.4 is 10.0 Å². The van der Waals surface area contributed by atoms with Gasteiger partial charge in [0.2, 0.25) is 0 Å². The summed E-state index contributed by atoms with van der Waals surface area (Å²) in [6.07, 6.45) is 0. The molecule has 31 heavy (non-hydrogen) atoms. The molecule has 0 aliphatic rings. The predicted octanol–water partition coefficient (Wildman–Crippen LogP) is 4.40. The van der Waals surface area contributed by atoms with Gasteiger partial charge in [0.1, 0.15) is 5.82 Å². The Kier molecular flexibility index (Phi) is 6.02. The first-order valence-electron chi connectivity index (χ1n) is 9.02. The van der Waals surface area contributed by atoms with Crippen molar-refractivity contribution in [2.24, 2.45) is 0 Å². The number of nitro groups is 1. The van der Waals surface area contributed by atoms with Gasteiger partial charge in [-0.25, -0.2) is 12.8 Å². The molecule has 0 saturated heterocycles. The summed E-state index contributed by atoms with van der Waals surface area (Å²) in [5, 5.41) is 13.7. The highest BCUT2D eigenvalue weighted by Gasteiger charge is 2.20. The van der Waals surface area contributed by atoms with Crippen LogP contribution in [0.3, 0.4) is 0 Å². The number of nitro benzene ring substituents is 1. The van der Waals surface area contributed by atoms with E-state index in [2.05, 4.69) is 10.0 Å². The van der Waals surface area contributed by atoms with Crippen molar-refractivity contribution in [1.29, 1.82) is 0 Å². The molecule has 0 aromatic heterocycles. The first-order chi connectivity index (χ1) is 14.6. The molecule has 1 amide bonds. The molecule has 8 nitrogen and oxygen atoms in total. The molecule has 0 fully saturated rings. The molecule has 0 unspecified atom stereocenters. The summed E-state index contributed by atoms with van der Waals surface area (Å²) in [5.41, 5.74) is 1.46. The van der Waals surface area contributed by atoms with E-state index in [4.69, 9.17) is 0 Å². The smallest absolute Gasteiger partial charge is 0.273 e. The maximum atomic E-state index is 13.4. The predicted molar refractivity (Wildman–Crippen MR) is 114 cm³/mol. The van der Waals surface area contributed by atoms with Gasteiger partial charge in [0, 0.05) is 28.6 Å². The number of halogens is 1. The lowest BCUT2D eigenvalue weighted by atomic mass is 10.1. The third-order valence-electron chi connectivity index (χ3n) is 4.53. The van der Waals surface area contributed by atoms with E-state index in [1.165, 1.54) is 61.5 Å². The number of aryl methyl sites for hydroxylation is 2. The highest BCUT2D eigenvalue weighted by molar-refractivity contribution is 7.92. The monoisotopic (exact) mass is 443 g/mol. The Morgan fingerprint density at radius 1 is 0.968 bits per heavy atom. The molecule has 0 spiro atoms. The molecule has 0 aliphatic heterocycles. The maximum Gasteiger partial charge on any atom is 0.273 e. The Morgan fingerprint density at radius 3 is 2.26 bits per heavy atom. The molecule has 0 radical (unpaired) electrons. The molecule has 0 bridgehead atoms. The van der Waals surface area contributed by atoms with Crippen LogP contribution in [0.1, 0.15) is 21.5 Å². The zero-order valence-electron chi connectivity index (χ0n) is 16.5. The topological polar surface area (TPSA) is 118 Å². The second kappa shape index (κ2) is 8.52. The van der Waals surface area contributed by atoms with E-state index in [-0.39, 0.29) is 21.8 Å². The molecule has 0 aliphatic carbocycles. The molecule has 0 heterocycles. The van der Waals surface area contributed by atoms with Gasteiger partial charge in [0.05, 0.1) is 9.82 Å². The van der Waals surface area contributed by atoms with E-state index in [0.29, 0.717) is 16.8 Å². The molecule has 3 rings (SSSR count). The first kappa shape index (κ1) is 21.9. The average molecular weight is 443 g/mol. The van der Waals surface area contributed by atoms with Crippen LogP contribution in [0.15, 0.2) is 65.6 Å². The van der Waals surface area contributed by atoms with Crippen LogP contribution in [0.4, 0.5) is 21.5 Å². The van der Waals surface area contributed by atoms with E-state index in [9.17, 15) is 27.7 Å². The quantitative estimate of drug-likeness (QED) is 0.432. The molecule has 2 N–H and O–H groups in total. The fourth-order valence-electron chi connectivity index (χ4n) is 2.78. The number of nitrogens with zero attached hydrogens (tertiary/aromatic N) is 1. The Labute approximate surface area is 177 Å². The van der Waals surface area contributed by atoms with Crippen molar-refractivity contribution >= 4 is 33.0 Å². The van der Waals surface area contributed by atoms with Gasteiger partial charge in [0.15, 0.2) is 0 Å². The highest BCUT2D eigenvalue weighted by atomic mass is 32.2. The molecule has 3 aromatic rings. The summed E-state index contributed by atoms with van der Waals surface area (Å²) in [4.78, 5) is 22.5. The fourth-order valence-corrected chi connectivity index (χ4v) is 3.86. The third-order valence-corrected chi connectivity index (χ3v) is 5.91. The standard InChI is InChI=1S/C21H18FN3O5S/c1-13-3-7-16(22)11-19(13)23-21(26)15-5-8-17(9-6-15)24-31(29,30)18-10-4-14(2)20(12-18)25(27)28/h3-12,24H,1-2H3,(H,23,26). The molecule has 160 valence electrons. The van der Waals surface area contributed by atoms with Crippen LogP contribution in [0, 0.1) is 29.8 Å². The summed E-state index contributed by atoms with van der Waals surface area (Å²) < 4.78 is 40.8. The Hall–Kier alpha value is -3.79. The van der Waals surface area contributed by atoms with Gasteiger partial charge in [-0.1, -0.05) is 12.1 Å². The van der Waals surface area contributed by atoms with Gasteiger partial charge in [-0.05, 0) is 61.9 Å². The van der Waals surface area contributed by atoms with Crippen LogP contribution in [-0.4, -0.2) is 19.2 Å². The van der Waals surface area contributed by atoms with Crippen molar-refractivity contribution in [3.05, 3.63) is 93.3 Å². The SMILES string of the molecule is Cc1ccc(F)cc1NC(=O)c1ccc(NS(=O)(=O)c2ccc(C)c([N+](=O)[O-])c2)cc1. The number of hydrogen-bond donors (Lipinski definition) is 2. The lowest BCUT2D eigenvalue weighted by Gasteiger charge is -2.11. The summed E-state index contributed by atoms with van der Waals surface area (Å²) in [6, 6.07) is 13.2. The number of sulfonamides is 1. The lowest BCUT2D eigenvalue weighted by Crippen LogP contribution is -2.15. The normalized spacial score (nSPS) is 11.1. The number of carbonyl (C=O) groups excluding carboxylic acids is 1. The zero-order chi connectivity index (χ0) is 22.8. The number of amides is 1. The minimum atomic E-state index is -4.07. The molecular weight excluding hydrogens is 425 g/mol. The first-order valence-corrected chi connectivity index (χ1v) is 10.5. The molecule has 3 aromatic carbocycles. The number of nitrogens with one attached hydrogen (secondary N) is 2. The van der Waals surface area contributed by atoms with Crippen molar-refractivity contribution in [2.45, 2.75) is 18.7 Å². The zero-order valence-corrected chi connectivity index (χ0v) is 17.4. The lowest BCUT2D eigenvalue weighted by molar-refractivity contribution is -0.385. The Morgan fingerprint density at radius 2 is 1.61 bits per heavy atom. The highest BCUT2D eigenvalue weighted by Crippen LogP contribution is 2.24. The van der Waals surface area contributed by atoms with Crippen LogP contribution in [0.25, 0.3) is 0 Å². The van der Waals surface area contributed by atoms with Gasteiger partial charge in [0.25, 0.3) is 21.6 Å². The molecular formula is C21H18FN3O5S. The second-order valence-corrected chi connectivity index (χ2v) is 8.48. The second-order valence-electron chi connectivity index (χ2n) is 6.80. The van der Waals surface area contributed by atoms with E-state index in [1.54, 1.807) is 6.92 Å². The summed E-state index contributed by atoms with van der Waals surface area (Å²) >= 11 is 0. The van der Waals surface area contributed by atoms with Crippen molar-refractivity contribution in [3.8, 4) is 0 Å². The Balaban J connectivity index is 1.77. The fraction of sp³-hybridized carbons (Fsp3) is 0.0952. The van der Waals surface area contributed by atoms with Gasteiger partial charge < -0.3 is 5.32 Å². The number of rotatable bonds is 6. The molecule has 0 saturated carbocycles. The molecule has 10 heteroatoms. The summed E-state index contributed by atoms with van der Waals surface area (Å²) in [5.74, 6) is -0.973. The van der Waals surface area contributed by atoms with Gasteiger partial charge in [-0.15, -0.1) is 0 Å². The van der Waals surface area contributed by atoms with Crippen molar-refractivity contribution in [3.63, 3.8) is 0 Å². The van der Waals surface area contributed by atoms with Crippen LogP contribution in [0.2, 0.25) is 0 Å². The average Bonchev–Trinajstić information content (AvgIpc) is 2.71. The van der Waals surface area contributed by atoms with Crippen LogP contribution in [-0.2, 0) is 10.0 Å². The van der Waals surface area contributed by atoms with E-state index < -0.39 is 26.7 Å². The van der Waals surface area contributed by atoms with Crippen LogP contribution in [0.5, 0.6) is 0 Å². The van der Waals surface area contributed by atoms with Crippen molar-refractivity contribution in [1.82, 2.24) is 0 Å². The summed E-state index contributed by atoms with van der Waals surface area (Å²) in [6.45, 7) is 3.24. The molecule has 0 atom stereocenters. The van der Waals surface area contributed by atoms with Gasteiger partial charge in [-0.3, -0.25) is 19.6 Å². The number of hydrogen-bond acceptors (Lipinski definition) is 5. The van der Waals surface area contributed by atoms with E-state index in [1.807, 2.05) is 0 Å². The largest absolute Gasteiger partial charge is 0.322 e. The van der Waals surface area contributed by atoms with E-state index >= 15 is 0 Å². The number of anilines is 2. The summed E-state index contributed by atoms with van der Waals surface area (Å²) in [7, 11) is -4.07. The van der Waals surface area contributed by atoms with Crippen LogP contribution >= 0.6 is 0 Å². The minimum absolute atomic E-state index is 0.168. The number of benzene rings is 3. The maximum absolute atomic E-state index is 13.4.